The molecule has 5 rings (SSSR count). The first-order valence-corrected chi connectivity index (χ1v) is 12.3. The van der Waals surface area contributed by atoms with Gasteiger partial charge in [-0.05, 0) is 68.3 Å². The van der Waals surface area contributed by atoms with E-state index >= 15 is 0 Å². The van der Waals surface area contributed by atoms with Crippen molar-refractivity contribution in [1.29, 1.82) is 0 Å². The van der Waals surface area contributed by atoms with Gasteiger partial charge in [0.1, 0.15) is 0 Å². The molecular formula is C23H28F3N5O2S. The first-order chi connectivity index (χ1) is 16.2. The maximum absolute atomic E-state index is 10.6. The summed E-state index contributed by atoms with van der Waals surface area (Å²) in [4.78, 5) is 20.3. The second-order valence-electron chi connectivity index (χ2n) is 8.76. The van der Waals surface area contributed by atoms with Gasteiger partial charge in [0.05, 0.1) is 11.9 Å². The third-order valence-corrected chi connectivity index (χ3v) is 7.26. The van der Waals surface area contributed by atoms with Crippen molar-refractivity contribution >= 4 is 28.6 Å². The van der Waals surface area contributed by atoms with Crippen LogP contribution < -0.4 is 4.90 Å². The molecule has 184 valence electrons. The summed E-state index contributed by atoms with van der Waals surface area (Å²) in [6, 6.07) is 6.55. The van der Waals surface area contributed by atoms with Crippen molar-refractivity contribution in [1.82, 2.24) is 19.5 Å². The summed E-state index contributed by atoms with van der Waals surface area (Å²) in [6.07, 6.45) is 2.08. The number of pyridine rings is 1. The highest BCUT2D eigenvalue weighted by Crippen LogP contribution is 2.28. The number of hydrogen-bond donors (Lipinski definition) is 1. The molecule has 0 radical (unpaired) electrons. The maximum atomic E-state index is 10.6. The Morgan fingerprint density at radius 3 is 2.56 bits per heavy atom. The van der Waals surface area contributed by atoms with Gasteiger partial charge in [-0.3, -0.25) is 4.90 Å². The van der Waals surface area contributed by atoms with Crippen LogP contribution in [0.2, 0.25) is 0 Å². The fourth-order valence-corrected chi connectivity index (χ4v) is 5.35. The zero-order valence-corrected chi connectivity index (χ0v) is 19.8. The number of likely N-dealkylation sites (tertiary alicyclic amines) is 1. The third-order valence-electron chi connectivity index (χ3n) is 6.25. The Morgan fingerprint density at radius 2 is 1.91 bits per heavy atom. The molecule has 2 aliphatic heterocycles. The van der Waals surface area contributed by atoms with Gasteiger partial charge in [0.15, 0.2) is 11.5 Å². The topological polar surface area (TPSA) is 74.0 Å². The number of carboxylic acids is 1. The van der Waals surface area contributed by atoms with E-state index in [1.807, 2.05) is 15.9 Å². The van der Waals surface area contributed by atoms with Crippen molar-refractivity contribution in [2.45, 2.75) is 51.2 Å². The summed E-state index contributed by atoms with van der Waals surface area (Å²) >= 11 is 1.88. The standard InChI is InChI=1S/C21H27N5S.C2HF3O2/c1-16-8-12-27-19(16)15-24-9-4-5-17(13-24)21-22-20-7-6-18(14-26(20)23-21)25-10-2-3-11-25;3-2(4,5)1(6)7/h6-8,12,14,17H,2-5,9-11,13,15H2,1H3;(H,6,7). The summed E-state index contributed by atoms with van der Waals surface area (Å²) in [5.41, 5.74) is 3.66. The van der Waals surface area contributed by atoms with Crippen molar-refractivity contribution in [3.63, 3.8) is 0 Å². The fourth-order valence-electron chi connectivity index (χ4n) is 4.40. The van der Waals surface area contributed by atoms with Crippen LogP contribution >= 0.6 is 11.3 Å². The average molecular weight is 496 g/mol. The highest BCUT2D eigenvalue weighted by molar-refractivity contribution is 7.10. The number of thiophene rings is 1. The number of nitrogens with zero attached hydrogens (tertiary/aromatic N) is 5. The molecule has 2 saturated heterocycles. The van der Waals surface area contributed by atoms with Crippen molar-refractivity contribution in [2.24, 2.45) is 0 Å². The molecule has 7 nitrogen and oxygen atoms in total. The Labute approximate surface area is 199 Å². The largest absolute Gasteiger partial charge is 0.490 e. The molecule has 1 atom stereocenters. The molecular weight excluding hydrogens is 467 g/mol. The summed E-state index contributed by atoms with van der Waals surface area (Å²) in [6.45, 7) is 7.84. The lowest BCUT2D eigenvalue weighted by Crippen LogP contribution is -2.34. The lowest BCUT2D eigenvalue weighted by molar-refractivity contribution is -0.192. The Bertz CT molecular complexity index is 1120. The van der Waals surface area contributed by atoms with Crippen molar-refractivity contribution in [3.05, 3.63) is 46.0 Å². The quantitative estimate of drug-likeness (QED) is 0.565. The molecule has 2 aliphatic rings. The number of piperidine rings is 1. The van der Waals surface area contributed by atoms with Crippen LogP contribution in [0.15, 0.2) is 29.8 Å². The number of alkyl halides is 3. The predicted molar refractivity (Wildman–Crippen MR) is 124 cm³/mol. The number of fused-ring (bicyclic) bond motifs is 1. The summed E-state index contributed by atoms with van der Waals surface area (Å²) in [7, 11) is 0. The number of hydrogen-bond acceptors (Lipinski definition) is 6. The van der Waals surface area contributed by atoms with Crippen LogP contribution in [-0.2, 0) is 11.3 Å². The maximum Gasteiger partial charge on any atom is 0.490 e. The number of halogens is 3. The van der Waals surface area contributed by atoms with Gasteiger partial charge in [-0.2, -0.15) is 18.3 Å². The van der Waals surface area contributed by atoms with Gasteiger partial charge < -0.3 is 10.0 Å². The monoisotopic (exact) mass is 495 g/mol. The van der Waals surface area contributed by atoms with Crippen LogP contribution in [0.3, 0.4) is 0 Å². The van der Waals surface area contributed by atoms with E-state index in [4.69, 9.17) is 20.0 Å². The minimum atomic E-state index is -5.08. The van der Waals surface area contributed by atoms with Crippen molar-refractivity contribution < 1.29 is 23.1 Å². The number of aryl methyl sites for hydroxylation is 1. The molecule has 0 bridgehead atoms. The number of carbonyl (C=O) groups is 1. The van der Waals surface area contributed by atoms with Gasteiger partial charge >= 0.3 is 12.1 Å². The van der Waals surface area contributed by atoms with Gasteiger partial charge in [-0.15, -0.1) is 11.3 Å². The van der Waals surface area contributed by atoms with Gasteiger partial charge in [0.25, 0.3) is 0 Å². The van der Waals surface area contributed by atoms with Gasteiger partial charge in [0.2, 0.25) is 0 Å². The molecule has 5 heterocycles. The van der Waals surface area contributed by atoms with Crippen molar-refractivity contribution in [2.75, 3.05) is 31.1 Å². The van der Waals surface area contributed by atoms with E-state index in [2.05, 4.69) is 46.5 Å². The minimum Gasteiger partial charge on any atom is -0.475 e. The minimum absolute atomic E-state index is 0.439. The lowest BCUT2D eigenvalue weighted by Gasteiger charge is -2.31. The Kier molecular flexibility index (Phi) is 7.42. The Hall–Kier alpha value is -2.66. The number of aliphatic carboxylic acids is 1. The molecule has 0 spiro atoms. The van der Waals surface area contributed by atoms with Gasteiger partial charge in [-0.1, -0.05) is 0 Å². The smallest absolute Gasteiger partial charge is 0.475 e. The predicted octanol–water partition coefficient (Wildman–Crippen LogP) is 4.71. The average Bonchev–Trinajstić information content (AvgIpc) is 3.55. The van der Waals surface area contributed by atoms with E-state index in [9.17, 15) is 13.2 Å². The van der Waals surface area contributed by atoms with Gasteiger partial charge in [-0.25, -0.2) is 14.3 Å². The van der Waals surface area contributed by atoms with Gasteiger partial charge in [0, 0.05) is 37.0 Å². The van der Waals surface area contributed by atoms with Crippen LogP contribution in [0.5, 0.6) is 0 Å². The molecule has 0 saturated carbocycles. The van der Waals surface area contributed by atoms with Crippen LogP contribution in [0.25, 0.3) is 5.65 Å². The molecule has 3 aromatic heterocycles. The van der Waals surface area contributed by atoms with Crippen LogP contribution in [0.1, 0.15) is 47.9 Å². The van der Waals surface area contributed by atoms with Crippen LogP contribution in [0, 0.1) is 6.92 Å². The fraction of sp³-hybridized carbons (Fsp3) is 0.522. The summed E-state index contributed by atoms with van der Waals surface area (Å²) in [5.74, 6) is -1.30. The first-order valence-electron chi connectivity index (χ1n) is 11.4. The zero-order valence-electron chi connectivity index (χ0n) is 19.0. The van der Waals surface area contributed by atoms with E-state index < -0.39 is 12.1 Å². The SMILES string of the molecule is Cc1ccsc1CN1CCCC(c2nc3ccc(N4CCCC4)cn3n2)C1.O=C(O)C(F)(F)F. The highest BCUT2D eigenvalue weighted by Gasteiger charge is 2.38. The van der Waals surface area contributed by atoms with E-state index in [-0.39, 0.29) is 0 Å². The molecule has 2 fully saturated rings. The Balaban J connectivity index is 0.000000344. The van der Waals surface area contributed by atoms with E-state index in [1.165, 1.54) is 48.4 Å². The molecule has 34 heavy (non-hydrogen) atoms. The molecule has 11 heteroatoms. The molecule has 0 aliphatic carbocycles. The van der Waals surface area contributed by atoms with Crippen molar-refractivity contribution in [3.8, 4) is 0 Å². The summed E-state index contributed by atoms with van der Waals surface area (Å²) < 4.78 is 33.7. The van der Waals surface area contributed by atoms with Crippen LogP contribution in [-0.4, -0.2) is 62.9 Å². The van der Waals surface area contributed by atoms with E-state index in [0.29, 0.717) is 5.92 Å². The number of carboxylic acid groups (broad SMARTS) is 1. The molecule has 3 aromatic rings. The Morgan fingerprint density at radius 1 is 1.18 bits per heavy atom. The lowest BCUT2D eigenvalue weighted by atomic mass is 9.97. The first kappa shape index (κ1) is 24.5. The number of anilines is 1. The van der Waals surface area contributed by atoms with Crippen LogP contribution in [0.4, 0.5) is 18.9 Å². The summed E-state index contributed by atoms with van der Waals surface area (Å²) in [5, 5.41) is 14.2. The van der Waals surface area contributed by atoms with E-state index in [1.54, 1.807) is 0 Å². The molecule has 1 unspecified atom stereocenters. The third kappa shape index (κ3) is 5.87. The number of rotatable bonds is 4. The molecule has 1 N–H and O–H groups in total. The van der Waals surface area contributed by atoms with E-state index in [0.717, 1.165) is 37.7 Å². The second kappa shape index (κ2) is 10.3. The normalized spacial score (nSPS) is 19.3. The number of aromatic nitrogens is 3. The zero-order chi connectivity index (χ0) is 24.3. The molecule has 0 aromatic carbocycles. The highest BCUT2D eigenvalue weighted by atomic mass is 32.1. The molecule has 0 amide bonds. The second-order valence-corrected chi connectivity index (χ2v) is 9.76.